The summed E-state index contributed by atoms with van der Waals surface area (Å²) in [4.78, 5) is 43.0. The molecule has 4 aromatic rings. The molecule has 0 saturated carbocycles. The third-order valence-corrected chi connectivity index (χ3v) is 6.41. The monoisotopic (exact) mass is 445 g/mol. The predicted molar refractivity (Wildman–Crippen MR) is 129 cm³/mol. The molecule has 0 bridgehead atoms. The average molecular weight is 446 g/mol. The van der Waals surface area contributed by atoms with Gasteiger partial charge in [0, 0.05) is 22.2 Å². The fourth-order valence-electron chi connectivity index (χ4n) is 3.72. The Morgan fingerprint density at radius 2 is 1.88 bits per heavy atom. The van der Waals surface area contributed by atoms with E-state index in [9.17, 15) is 14.4 Å². The van der Waals surface area contributed by atoms with Crippen molar-refractivity contribution in [2.24, 2.45) is 0 Å². The second-order valence-corrected chi connectivity index (χ2v) is 8.77. The van der Waals surface area contributed by atoms with Crippen molar-refractivity contribution in [3.63, 3.8) is 0 Å². The van der Waals surface area contributed by atoms with Crippen LogP contribution in [0.4, 0.5) is 5.69 Å². The first-order valence-corrected chi connectivity index (χ1v) is 11.1. The summed E-state index contributed by atoms with van der Waals surface area (Å²) in [5.41, 5.74) is 4.80. The number of thiophene rings is 1. The summed E-state index contributed by atoms with van der Waals surface area (Å²) in [6.07, 6.45) is 1.42. The molecule has 1 atom stereocenters. The molecule has 0 aliphatic heterocycles. The molecule has 2 aromatic heterocycles. The molecule has 32 heavy (non-hydrogen) atoms. The molecule has 1 amide bonds. The third-order valence-electron chi connectivity index (χ3n) is 5.52. The maximum absolute atomic E-state index is 13.4. The Bertz CT molecular complexity index is 1420. The van der Waals surface area contributed by atoms with Gasteiger partial charge in [-0.25, -0.2) is 4.98 Å². The van der Waals surface area contributed by atoms with Gasteiger partial charge in [-0.2, -0.15) is 0 Å². The lowest BCUT2D eigenvalue weighted by Crippen LogP contribution is -2.31. The Morgan fingerprint density at radius 1 is 1.09 bits per heavy atom. The van der Waals surface area contributed by atoms with E-state index in [-0.39, 0.29) is 17.2 Å². The van der Waals surface area contributed by atoms with Crippen LogP contribution in [-0.2, 0) is 4.79 Å². The van der Waals surface area contributed by atoms with E-state index >= 15 is 0 Å². The minimum atomic E-state index is -0.785. The van der Waals surface area contributed by atoms with E-state index in [0.717, 1.165) is 22.3 Å². The number of amides is 1. The van der Waals surface area contributed by atoms with Crippen molar-refractivity contribution in [2.75, 3.05) is 5.32 Å². The Kier molecular flexibility index (Phi) is 5.76. The highest BCUT2D eigenvalue weighted by Crippen LogP contribution is 2.33. The van der Waals surface area contributed by atoms with Crippen LogP contribution in [0, 0.1) is 13.8 Å². The van der Waals surface area contributed by atoms with Crippen molar-refractivity contribution in [1.82, 2.24) is 9.55 Å². The highest BCUT2D eigenvalue weighted by atomic mass is 32.1. The molecule has 0 saturated heterocycles. The molecule has 1 N–H and O–H groups in total. The molecule has 0 aliphatic rings. The van der Waals surface area contributed by atoms with E-state index in [0.29, 0.717) is 21.5 Å². The van der Waals surface area contributed by atoms with Gasteiger partial charge in [0.05, 0.1) is 11.7 Å². The molecule has 2 heterocycles. The van der Waals surface area contributed by atoms with Gasteiger partial charge >= 0.3 is 0 Å². The fraction of sp³-hybridized carbons (Fsp3) is 0.200. The highest BCUT2D eigenvalue weighted by Gasteiger charge is 2.21. The minimum absolute atomic E-state index is 0.0867. The number of rotatable bonds is 5. The molecule has 1 unspecified atom stereocenters. The van der Waals surface area contributed by atoms with E-state index < -0.39 is 6.04 Å². The van der Waals surface area contributed by atoms with E-state index in [1.54, 1.807) is 31.2 Å². The number of benzene rings is 2. The van der Waals surface area contributed by atoms with Gasteiger partial charge in [0.1, 0.15) is 10.9 Å². The third kappa shape index (κ3) is 3.99. The lowest BCUT2D eigenvalue weighted by molar-refractivity contribution is -0.118. The Morgan fingerprint density at radius 3 is 2.59 bits per heavy atom. The number of aryl methyl sites for hydroxylation is 2. The number of carbonyl (C=O) groups excluding carboxylic acids is 2. The zero-order valence-electron chi connectivity index (χ0n) is 18.3. The standard InChI is InChI=1S/C25H23N3O3S/c1-14-8-9-20(15(2)10-14)21-12-32-24-22(21)25(31)28(13-26-24)16(3)23(30)27-19-7-5-6-18(11-19)17(4)29/h5-13,16H,1-4H3,(H,27,30). The zero-order valence-corrected chi connectivity index (χ0v) is 19.1. The first-order valence-electron chi connectivity index (χ1n) is 10.2. The maximum Gasteiger partial charge on any atom is 0.263 e. The van der Waals surface area contributed by atoms with Crippen LogP contribution < -0.4 is 10.9 Å². The molecule has 162 valence electrons. The number of Topliss-reactive ketones (excluding diaryl/α,β-unsaturated/α-hetero) is 1. The summed E-state index contributed by atoms with van der Waals surface area (Å²) < 4.78 is 1.35. The lowest BCUT2D eigenvalue weighted by Gasteiger charge is -2.15. The van der Waals surface area contributed by atoms with Crippen molar-refractivity contribution in [3.05, 3.63) is 81.2 Å². The number of ketones is 1. The molecular formula is C25H23N3O3S. The van der Waals surface area contributed by atoms with Gasteiger partial charge in [-0.3, -0.25) is 19.0 Å². The molecule has 0 radical (unpaired) electrons. The predicted octanol–water partition coefficient (Wildman–Crippen LogP) is 5.14. The SMILES string of the molecule is CC(=O)c1cccc(NC(=O)C(C)n2cnc3scc(-c4ccc(C)cc4C)c3c2=O)c1. The second-order valence-electron chi connectivity index (χ2n) is 7.91. The number of hydrogen-bond acceptors (Lipinski definition) is 5. The number of nitrogens with one attached hydrogen (secondary N) is 1. The van der Waals surface area contributed by atoms with Gasteiger partial charge in [0.15, 0.2) is 5.78 Å². The minimum Gasteiger partial charge on any atom is -0.324 e. The zero-order chi connectivity index (χ0) is 23.0. The quantitative estimate of drug-likeness (QED) is 0.431. The molecule has 0 aliphatic carbocycles. The Balaban J connectivity index is 1.71. The van der Waals surface area contributed by atoms with Gasteiger partial charge < -0.3 is 5.32 Å². The van der Waals surface area contributed by atoms with Crippen LogP contribution >= 0.6 is 11.3 Å². The van der Waals surface area contributed by atoms with Gasteiger partial charge in [-0.15, -0.1) is 11.3 Å². The van der Waals surface area contributed by atoms with Crippen molar-refractivity contribution >= 4 is 38.9 Å². The van der Waals surface area contributed by atoms with Crippen LogP contribution in [0.5, 0.6) is 0 Å². The van der Waals surface area contributed by atoms with Crippen LogP contribution in [0.3, 0.4) is 0 Å². The molecule has 7 heteroatoms. The number of hydrogen-bond donors (Lipinski definition) is 1. The topological polar surface area (TPSA) is 81.1 Å². The van der Waals surface area contributed by atoms with Gasteiger partial charge in [0.2, 0.25) is 5.91 Å². The van der Waals surface area contributed by atoms with Crippen molar-refractivity contribution in [3.8, 4) is 11.1 Å². The van der Waals surface area contributed by atoms with Gasteiger partial charge in [-0.1, -0.05) is 35.9 Å². The Labute approximate surface area is 189 Å². The largest absolute Gasteiger partial charge is 0.324 e. The van der Waals surface area contributed by atoms with Crippen LogP contribution in [0.2, 0.25) is 0 Å². The fourth-order valence-corrected chi connectivity index (χ4v) is 4.62. The normalized spacial score (nSPS) is 12.0. The summed E-state index contributed by atoms with van der Waals surface area (Å²) in [7, 11) is 0. The molecule has 6 nitrogen and oxygen atoms in total. The number of aromatic nitrogens is 2. The number of nitrogens with zero attached hydrogens (tertiary/aromatic N) is 2. The number of anilines is 1. The lowest BCUT2D eigenvalue weighted by atomic mass is 9.99. The van der Waals surface area contributed by atoms with Crippen molar-refractivity contribution in [1.29, 1.82) is 0 Å². The van der Waals surface area contributed by atoms with Gasteiger partial charge in [-0.05, 0) is 51.0 Å². The van der Waals surface area contributed by atoms with Crippen LogP contribution in [-0.4, -0.2) is 21.2 Å². The Hall–Kier alpha value is -3.58. The summed E-state index contributed by atoms with van der Waals surface area (Å²) in [6.45, 7) is 7.18. The number of carbonyl (C=O) groups is 2. The molecule has 4 rings (SSSR count). The molecule has 0 spiro atoms. The number of fused-ring (bicyclic) bond motifs is 1. The van der Waals surface area contributed by atoms with Crippen molar-refractivity contribution in [2.45, 2.75) is 33.7 Å². The summed E-state index contributed by atoms with van der Waals surface area (Å²) in [6, 6.07) is 12.1. The van der Waals surface area contributed by atoms with E-state index in [2.05, 4.69) is 16.4 Å². The van der Waals surface area contributed by atoms with E-state index in [4.69, 9.17) is 0 Å². The van der Waals surface area contributed by atoms with Crippen LogP contribution in [0.15, 0.2) is 59.0 Å². The van der Waals surface area contributed by atoms with Crippen LogP contribution in [0.25, 0.3) is 21.3 Å². The van der Waals surface area contributed by atoms with Crippen LogP contribution in [0.1, 0.15) is 41.4 Å². The van der Waals surface area contributed by atoms with Crippen molar-refractivity contribution < 1.29 is 9.59 Å². The first kappa shape index (κ1) is 21.6. The van der Waals surface area contributed by atoms with E-state index in [1.807, 2.05) is 31.4 Å². The summed E-state index contributed by atoms with van der Waals surface area (Å²) in [5, 5.41) is 5.25. The molecule has 0 fully saturated rings. The molecular weight excluding hydrogens is 422 g/mol. The molecule has 2 aromatic carbocycles. The first-order chi connectivity index (χ1) is 15.3. The smallest absolute Gasteiger partial charge is 0.263 e. The highest BCUT2D eigenvalue weighted by molar-refractivity contribution is 7.17. The van der Waals surface area contributed by atoms with Gasteiger partial charge in [0.25, 0.3) is 5.56 Å². The summed E-state index contributed by atoms with van der Waals surface area (Å²) in [5.74, 6) is -0.450. The summed E-state index contributed by atoms with van der Waals surface area (Å²) >= 11 is 1.41. The maximum atomic E-state index is 13.4. The average Bonchev–Trinajstić information content (AvgIpc) is 3.18. The second kappa shape index (κ2) is 8.51. The van der Waals surface area contributed by atoms with E-state index in [1.165, 1.54) is 29.2 Å².